The Morgan fingerprint density at radius 2 is 1.83 bits per heavy atom. The predicted octanol–water partition coefficient (Wildman–Crippen LogP) is 1.58. The molecule has 0 unspecified atom stereocenters. The zero-order valence-corrected chi connectivity index (χ0v) is 12.9. The monoisotopic (exact) mass is 311 g/mol. The van der Waals surface area contributed by atoms with E-state index < -0.39 is 5.54 Å². The second kappa shape index (κ2) is 5.51. The Kier molecular flexibility index (Phi) is 3.64. The van der Waals surface area contributed by atoms with Crippen LogP contribution in [0.25, 0.3) is 0 Å². The van der Waals surface area contributed by atoms with Crippen LogP contribution in [0.4, 0.5) is 0 Å². The third kappa shape index (κ3) is 2.29. The topological polar surface area (TPSA) is 81.5 Å². The summed E-state index contributed by atoms with van der Waals surface area (Å²) in [7, 11) is 1.62. The molecule has 1 saturated carbocycles. The highest BCUT2D eigenvalue weighted by Gasteiger charge is 2.43. The first kappa shape index (κ1) is 15.2. The number of carbonyl (C=O) groups is 3. The van der Waals surface area contributed by atoms with E-state index >= 15 is 0 Å². The second-order valence-corrected chi connectivity index (χ2v) is 6.01. The van der Waals surface area contributed by atoms with Gasteiger partial charge in [0.05, 0.1) is 17.2 Å². The van der Waals surface area contributed by atoms with E-state index in [4.69, 9.17) is 0 Å². The van der Waals surface area contributed by atoms with Crippen LogP contribution in [0, 0.1) is 11.3 Å². The van der Waals surface area contributed by atoms with E-state index in [0.29, 0.717) is 24.0 Å². The fourth-order valence-corrected chi connectivity index (χ4v) is 3.09. The van der Waals surface area contributed by atoms with Crippen molar-refractivity contribution in [2.24, 2.45) is 0 Å². The van der Waals surface area contributed by atoms with Crippen LogP contribution in [-0.4, -0.2) is 46.7 Å². The molecular weight excluding hydrogens is 294 g/mol. The Labute approximate surface area is 134 Å². The van der Waals surface area contributed by atoms with Gasteiger partial charge in [-0.3, -0.25) is 19.3 Å². The third-order valence-electron chi connectivity index (χ3n) is 4.83. The summed E-state index contributed by atoms with van der Waals surface area (Å²) in [4.78, 5) is 39.4. The fraction of sp³-hybridized carbons (Fsp3) is 0.412. The zero-order chi connectivity index (χ0) is 16.6. The van der Waals surface area contributed by atoms with Crippen molar-refractivity contribution in [1.29, 1.82) is 5.26 Å². The molecule has 118 valence electrons. The van der Waals surface area contributed by atoms with Gasteiger partial charge in [0.1, 0.15) is 5.54 Å². The lowest BCUT2D eigenvalue weighted by molar-refractivity contribution is -0.136. The van der Waals surface area contributed by atoms with E-state index in [1.165, 1.54) is 4.90 Å². The molecular formula is C17H17N3O3. The summed E-state index contributed by atoms with van der Waals surface area (Å²) in [6.07, 6.45) is 2.33. The van der Waals surface area contributed by atoms with Gasteiger partial charge in [-0.2, -0.15) is 5.26 Å². The van der Waals surface area contributed by atoms with Crippen molar-refractivity contribution in [3.8, 4) is 6.07 Å². The number of rotatable bonds is 4. The smallest absolute Gasteiger partial charge is 0.261 e. The molecule has 0 aromatic heterocycles. The summed E-state index contributed by atoms with van der Waals surface area (Å²) in [5, 5.41) is 9.28. The molecule has 0 atom stereocenters. The normalized spacial score (nSPS) is 18.2. The Bertz CT molecular complexity index is 696. The van der Waals surface area contributed by atoms with E-state index in [1.807, 2.05) is 0 Å². The first-order valence-corrected chi connectivity index (χ1v) is 7.63. The Morgan fingerprint density at radius 1 is 1.26 bits per heavy atom. The van der Waals surface area contributed by atoms with Gasteiger partial charge in [-0.05, 0) is 31.4 Å². The lowest BCUT2D eigenvalue weighted by Gasteiger charge is -2.43. The van der Waals surface area contributed by atoms with E-state index in [9.17, 15) is 19.6 Å². The lowest BCUT2D eigenvalue weighted by Crippen LogP contribution is -2.53. The highest BCUT2D eigenvalue weighted by atomic mass is 16.2. The van der Waals surface area contributed by atoms with Gasteiger partial charge >= 0.3 is 0 Å². The molecule has 23 heavy (non-hydrogen) atoms. The predicted molar refractivity (Wildman–Crippen MR) is 81.4 cm³/mol. The lowest BCUT2D eigenvalue weighted by atomic mass is 9.76. The van der Waals surface area contributed by atoms with Gasteiger partial charge in [0.2, 0.25) is 5.91 Å². The van der Waals surface area contributed by atoms with E-state index in [2.05, 4.69) is 6.07 Å². The van der Waals surface area contributed by atoms with Crippen molar-refractivity contribution in [2.75, 3.05) is 13.6 Å². The Balaban J connectivity index is 1.66. The Morgan fingerprint density at radius 3 is 2.26 bits per heavy atom. The van der Waals surface area contributed by atoms with Gasteiger partial charge in [0.25, 0.3) is 11.8 Å². The second-order valence-electron chi connectivity index (χ2n) is 6.01. The minimum absolute atomic E-state index is 0.0331. The van der Waals surface area contributed by atoms with Crippen molar-refractivity contribution < 1.29 is 14.4 Å². The van der Waals surface area contributed by atoms with E-state index in [0.717, 1.165) is 11.3 Å². The first-order chi connectivity index (χ1) is 11.0. The molecule has 2 aliphatic rings. The highest BCUT2D eigenvalue weighted by molar-refractivity contribution is 6.21. The molecule has 0 saturated heterocycles. The van der Waals surface area contributed by atoms with Crippen molar-refractivity contribution in [2.45, 2.75) is 31.2 Å². The molecule has 1 aliphatic carbocycles. The van der Waals surface area contributed by atoms with Crippen LogP contribution < -0.4 is 0 Å². The largest absolute Gasteiger partial charge is 0.327 e. The van der Waals surface area contributed by atoms with Crippen molar-refractivity contribution in [1.82, 2.24) is 9.80 Å². The molecule has 6 heteroatoms. The summed E-state index contributed by atoms with van der Waals surface area (Å²) < 4.78 is 0. The van der Waals surface area contributed by atoms with Gasteiger partial charge in [-0.25, -0.2) is 0 Å². The average molecular weight is 311 g/mol. The molecule has 6 nitrogen and oxygen atoms in total. The molecule has 1 fully saturated rings. The summed E-state index contributed by atoms with van der Waals surface area (Å²) in [6.45, 7) is 0.0387. The zero-order valence-electron chi connectivity index (χ0n) is 12.9. The molecule has 1 heterocycles. The maximum Gasteiger partial charge on any atom is 0.261 e. The SMILES string of the molecule is CN(C(=O)CCN1C(=O)c2ccccc2C1=O)C1(C#N)CCC1. The first-order valence-electron chi connectivity index (χ1n) is 7.63. The fourth-order valence-electron chi connectivity index (χ4n) is 3.09. The van der Waals surface area contributed by atoms with Crippen molar-refractivity contribution >= 4 is 17.7 Å². The highest BCUT2D eigenvalue weighted by Crippen LogP contribution is 2.36. The summed E-state index contributed by atoms with van der Waals surface area (Å²) in [5.41, 5.74) is 0.0515. The number of nitrogens with zero attached hydrogens (tertiary/aromatic N) is 3. The van der Waals surface area contributed by atoms with Gasteiger partial charge in [-0.1, -0.05) is 12.1 Å². The number of amides is 3. The van der Waals surface area contributed by atoms with Crippen LogP contribution in [0.3, 0.4) is 0 Å². The Hall–Kier alpha value is -2.68. The molecule has 0 radical (unpaired) electrons. The summed E-state index contributed by atoms with van der Waals surface area (Å²) >= 11 is 0. The number of imide groups is 1. The van der Waals surface area contributed by atoms with Gasteiger partial charge in [0, 0.05) is 20.0 Å². The standard InChI is InChI=1S/C17H17N3O3/c1-19(17(11-18)8-4-9-17)14(21)7-10-20-15(22)12-5-2-3-6-13(12)16(20)23/h2-3,5-6H,4,7-10H2,1H3. The van der Waals surface area contributed by atoms with Crippen LogP contribution >= 0.6 is 0 Å². The summed E-state index contributed by atoms with van der Waals surface area (Å²) in [5.74, 6) is -0.942. The van der Waals surface area contributed by atoms with Crippen molar-refractivity contribution in [3.05, 3.63) is 35.4 Å². The number of hydrogen-bond acceptors (Lipinski definition) is 4. The van der Waals surface area contributed by atoms with Gasteiger partial charge in [-0.15, -0.1) is 0 Å². The number of fused-ring (bicyclic) bond motifs is 1. The van der Waals surface area contributed by atoms with Crippen LogP contribution in [0.15, 0.2) is 24.3 Å². The quantitative estimate of drug-likeness (QED) is 0.791. The number of hydrogen-bond donors (Lipinski definition) is 0. The summed E-state index contributed by atoms with van der Waals surface area (Å²) in [6, 6.07) is 8.86. The van der Waals surface area contributed by atoms with Crippen LogP contribution in [0.1, 0.15) is 46.4 Å². The molecule has 3 rings (SSSR count). The molecule has 1 aliphatic heterocycles. The molecule has 0 spiro atoms. The minimum Gasteiger partial charge on any atom is -0.327 e. The molecule has 3 amide bonds. The van der Waals surface area contributed by atoms with Gasteiger partial charge in [0.15, 0.2) is 0 Å². The average Bonchev–Trinajstić information content (AvgIpc) is 2.76. The maximum absolute atomic E-state index is 12.3. The van der Waals surface area contributed by atoms with Crippen LogP contribution in [0.5, 0.6) is 0 Å². The number of nitriles is 1. The number of carbonyl (C=O) groups excluding carboxylic acids is 3. The maximum atomic E-state index is 12.3. The van der Waals surface area contributed by atoms with Crippen LogP contribution in [0.2, 0.25) is 0 Å². The van der Waals surface area contributed by atoms with Crippen LogP contribution in [-0.2, 0) is 4.79 Å². The van der Waals surface area contributed by atoms with E-state index in [1.54, 1.807) is 31.3 Å². The van der Waals surface area contributed by atoms with E-state index in [-0.39, 0.29) is 30.7 Å². The molecule has 1 aromatic carbocycles. The van der Waals surface area contributed by atoms with Crippen molar-refractivity contribution in [3.63, 3.8) is 0 Å². The number of benzene rings is 1. The molecule has 1 aromatic rings. The van der Waals surface area contributed by atoms with Gasteiger partial charge < -0.3 is 4.90 Å². The molecule has 0 bridgehead atoms. The molecule has 0 N–H and O–H groups in total. The third-order valence-corrected chi connectivity index (χ3v) is 4.83. The minimum atomic E-state index is -0.709.